The van der Waals surface area contributed by atoms with Gasteiger partial charge in [0, 0.05) is 24.0 Å². The number of likely N-dealkylation sites (tertiary alicyclic amines) is 1. The Balaban J connectivity index is 1.41. The molecule has 2 aliphatic heterocycles. The highest BCUT2D eigenvalue weighted by Crippen LogP contribution is 2.36. The molecule has 0 unspecified atom stereocenters. The van der Waals surface area contributed by atoms with Crippen molar-refractivity contribution in [1.29, 1.82) is 0 Å². The highest BCUT2D eigenvalue weighted by molar-refractivity contribution is 7.08. The van der Waals surface area contributed by atoms with E-state index in [-0.39, 0.29) is 11.5 Å². The summed E-state index contributed by atoms with van der Waals surface area (Å²) in [7, 11) is 0. The van der Waals surface area contributed by atoms with Crippen molar-refractivity contribution < 1.29 is 9.53 Å². The van der Waals surface area contributed by atoms with E-state index in [2.05, 4.69) is 36.5 Å². The molecule has 2 aliphatic rings. The fourth-order valence-electron chi connectivity index (χ4n) is 4.03. The van der Waals surface area contributed by atoms with Gasteiger partial charge in [-0.05, 0) is 48.9 Å². The molecule has 2 aromatic rings. The summed E-state index contributed by atoms with van der Waals surface area (Å²) in [5, 5.41) is 7.49. The highest BCUT2D eigenvalue weighted by Gasteiger charge is 2.44. The first-order valence-electron chi connectivity index (χ1n) is 8.92. The van der Waals surface area contributed by atoms with Crippen molar-refractivity contribution in [2.45, 2.75) is 37.8 Å². The number of nitrogens with zero attached hydrogens (tertiary/aromatic N) is 1. The Morgan fingerprint density at radius 2 is 2.32 bits per heavy atom. The van der Waals surface area contributed by atoms with Gasteiger partial charge < -0.3 is 15.0 Å². The molecule has 1 aromatic heterocycles. The summed E-state index contributed by atoms with van der Waals surface area (Å²) in [5.41, 5.74) is 3.01. The zero-order valence-electron chi connectivity index (χ0n) is 14.5. The fraction of sp³-hybridized carbons (Fsp3) is 0.450. The van der Waals surface area contributed by atoms with Crippen molar-refractivity contribution in [3.63, 3.8) is 0 Å². The van der Waals surface area contributed by atoms with Gasteiger partial charge in [0.25, 0.3) is 5.91 Å². The van der Waals surface area contributed by atoms with Crippen LogP contribution in [0.3, 0.4) is 0 Å². The lowest BCUT2D eigenvalue weighted by Gasteiger charge is -2.39. The molecule has 0 saturated carbocycles. The van der Waals surface area contributed by atoms with Gasteiger partial charge in [-0.25, -0.2) is 0 Å². The number of rotatable bonds is 3. The largest absolute Gasteiger partial charge is 0.380 e. The Kier molecular flexibility index (Phi) is 4.52. The summed E-state index contributed by atoms with van der Waals surface area (Å²) < 4.78 is 6.24. The fourth-order valence-corrected chi connectivity index (χ4v) is 4.66. The monoisotopic (exact) mass is 356 g/mol. The smallest absolute Gasteiger partial charge is 0.254 e. The van der Waals surface area contributed by atoms with Gasteiger partial charge >= 0.3 is 0 Å². The average molecular weight is 356 g/mol. The molecule has 2 fully saturated rings. The number of amides is 1. The van der Waals surface area contributed by atoms with Crippen LogP contribution in [0.2, 0.25) is 0 Å². The molecule has 1 N–H and O–H groups in total. The average Bonchev–Trinajstić information content (AvgIpc) is 3.25. The first-order valence-corrected chi connectivity index (χ1v) is 9.87. The molecule has 0 aliphatic carbocycles. The van der Waals surface area contributed by atoms with Gasteiger partial charge in [-0.1, -0.05) is 12.1 Å². The molecule has 5 heteroatoms. The molecule has 4 rings (SSSR count). The van der Waals surface area contributed by atoms with Crippen LogP contribution in [0.5, 0.6) is 0 Å². The number of hydrogen-bond acceptors (Lipinski definition) is 4. The second kappa shape index (κ2) is 6.81. The lowest BCUT2D eigenvalue weighted by molar-refractivity contribution is -0.0447. The number of piperidine rings is 1. The van der Waals surface area contributed by atoms with Crippen molar-refractivity contribution >= 4 is 22.9 Å². The summed E-state index contributed by atoms with van der Waals surface area (Å²) in [6, 6.07) is 10.7. The number of thiophene rings is 1. The second-order valence-electron chi connectivity index (χ2n) is 7.25. The van der Waals surface area contributed by atoms with Crippen LogP contribution in [-0.4, -0.2) is 42.1 Å². The van der Waals surface area contributed by atoms with Gasteiger partial charge in [0.15, 0.2) is 0 Å². The van der Waals surface area contributed by atoms with E-state index in [1.165, 1.54) is 5.56 Å². The number of benzene rings is 1. The van der Waals surface area contributed by atoms with Gasteiger partial charge in [0.1, 0.15) is 0 Å². The van der Waals surface area contributed by atoms with E-state index in [0.29, 0.717) is 19.2 Å². The van der Waals surface area contributed by atoms with Gasteiger partial charge in [0.05, 0.1) is 30.4 Å². The van der Waals surface area contributed by atoms with Crippen molar-refractivity contribution in [2.75, 3.05) is 25.0 Å². The maximum absolute atomic E-state index is 12.7. The van der Waals surface area contributed by atoms with Crippen LogP contribution in [0, 0.1) is 6.92 Å². The predicted molar refractivity (Wildman–Crippen MR) is 101 cm³/mol. The SMILES string of the molecule is Cc1cccc(N[C@H]2CO[C@]3(CCCN(C(=O)c4ccsc4)C3)C2)c1. The van der Waals surface area contributed by atoms with Crippen molar-refractivity contribution in [2.24, 2.45) is 0 Å². The van der Waals surface area contributed by atoms with E-state index >= 15 is 0 Å². The minimum Gasteiger partial charge on any atom is -0.380 e. The molecule has 3 heterocycles. The molecule has 1 spiro atoms. The third-order valence-corrected chi connectivity index (χ3v) is 5.88. The lowest BCUT2D eigenvalue weighted by Crippen LogP contribution is -2.50. The maximum Gasteiger partial charge on any atom is 0.254 e. The van der Waals surface area contributed by atoms with Crippen molar-refractivity contribution in [3.8, 4) is 0 Å². The number of nitrogens with one attached hydrogen (secondary N) is 1. The molecule has 1 amide bonds. The van der Waals surface area contributed by atoms with Crippen LogP contribution in [0.1, 0.15) is 35.2 Å². The van der Waals surface area contributed by atoms with Crippen LogP contribution >= 0.6 is 11.3 Å². The molecule has 2 atom stereocenters. The molecule has 25 heavy (non-hydrogen) atoms. The number of anilines is 1. The van der Waals surface area contributed by atoms with E-state index < -0.39 is 0 Å². The van der Waals surface area contributed by atoms with E-state index in [1.54, 1.807) is 11.3 Å². The van der Waals surface area contributed by atoms with Gasteiger partial charge in [-0.2, -0.15) is 11.3 Å². The number of ether oxygens (including phenoxy) is 1. The van der Waals surface area contributed by atoms with Crippen LogP contribution in [0.15, 0.2) is 41.1 Å². The van der Waals surface area contributed by atoms with Crippen LogP contribution in [-0.2, 0) is 4.74 Å². The highest BCUT2D eigenvalue weighted by atomic mass is 32.1. The van der Waals surface area contributed by atoms with E-state index in [1.807, 2.05) is 21.7 Å². The standard InChI is InChI=1S/C20H24N2O2S/c1-15-4-2-5-17(10-15)21-18-11-20(24-12-18)7-3-8-22(14-20)19(23)16-6-9-25-13-16/h2,4-6,9-10,13,18,21H,3,7-8,11-12,14H2,1H3/t18-,20-/m1/s1. The Labute approximate surface area is 152 Å². The molecular formula is C20H24N2O2S. The molecule has 132 valence electrons. The number of hydrogen-bond donors (Lipinski definition) is 1. The van der Waals surface area contributed by atoms with Crippen molar-refractivity contribution in [3.05, 3.63) is 52.2 Å². The Morgan fingerprint density at radius 3 is 3.12 bits per heavy atom. The topological polar surface area (TPSA) is 41.6 Å². The third-order valence-electron chi connectivity index (χ3n) is 5.19. The lowest BCUT2D eigenvalue weighted by atomic mass is 9.88. The quantitative estimate of drug-likeness (QED) is 0.906. The summed E-state index contributed by atoms with van der Waals surface area (Å²) in [4.78, 5) is 14.6. The van der Waals surface area contributed by atoms with Crippen molar-refractivity contribution in [1.82, 2.24) is 4.90 Å². The van der Waals surface area contributed by atoms with Crippen LogP contribution < -0.4 is 5.32 Å². The number of aryl methyl sites for hydroxylation is 1. The minimum atomic E-state index is -0.189. The van der Waals surface area contributed by atoms with Crippen LogP contribution in [0.4, 0.5) is 5.69 Å². The van der Waals surface area contributed by atoms with E-state index in [4.69, 9.17) is 4.74 Å². The normalized spacial score (nSPS) is 26.1. The minimum absolute atomic E-state index is 0.138. The molecule has 0 radical (unpaired) electrons. The van der Waals surface area contributed by atoms with Crippen LogP contribution in [0.25, 0.3) is 0 Å². The van der Waals surface area contributed by atoms with E-state index in [9.17, 15) is 4.79 Å². The third kappa shape index (κ3) is 3.58. The maximum atomic E-state index is 12.7. The summed E-state index contributed by atoms with van der Waals surface area (Å²) in [5.74, 6) is 0.138. The summed E-state index contributed by atoms with van der Waals surface area (Å²) >= 11 is 1.57. The number of carbonyl (C=O) groups excluding carboxylic acids is 1. The number of carbonyl (C=O) groups is 1. The zero-order chi connectivity index (χ0) is 17.3. The molecule has 1 aromatic carbocycles. The Morgan fingerprint density at radius 1 is 1.40 bits per heavy atom. The van der Waals surface area contributed by atoms with Gasteiger partial charge in [-0.3, -0.25) is 4.79 Å². The first-order chi connectivity index (χ1) is 12.1. The zero-order valence-corrected chi connectivity index (χ0v) is 15.3. The van der Waals surface area contributed by atoms with E-state index in [0.717, 1.165) is 37.1 Å². The van der Waals surface area contributed by atoms with Gasteiger partial charge in [-0.15, -0.1) is 0 Å². The first kappa shape index (κ1) is 16.6. The molecule has 0 bridgehead atoms. The molecule has 2 saturated heterocycles. The summed E-state index contributed by atoms with van der Waals surface area (Å²) in [6.07, 6.45) is 2.99. The van der Waals surface area contributed by atoms with Gasteiger partial charge in [0.2, 0.25) is 0 Å². The Bertz CT molecular complexity index is 746. The molecular weight excluding hydrogens is 332 g/mol. The molecule has 4 nitrogen and oxygen atoms in total. The Hall–Kier alpha value is -1.85. The summed E-state index contributed by atoms with van der Waals surface area (Å²) in [6.45, 7) is 4.34. The second-order valence-corrected chi connectivity index (χ2v) is 8.03. The predicted octanol–water partition coefficient (Wildman–Crippen LogP) is 3.93.